The topological polar surface area (TPSA) is 46.3 Å². The third-order valence-corrected chi connectivity index (χ3v) is 5.16. The van der Waals surface area contributed by atoms with Crippen LogP contribution in [0.25, 0.3) is 0 Å². The number of anilines is 1. The van der Waals surface area contributed by atoms with E-state index in [0.29, 0.717) is 12.1 Å². The summed E-state index contributed by atoms with van der Waals surface area (Å²) in [5.74, 6) is 0.124. The van der Waals surface area contributed by atoms with Crippen LogP contribution in [0.5, 0.6) is 0 Å². The van der Waals surface area contributed by atoms with Crippen LogP contribution in [0, 0.1) is 0 Å². The summed E-state index contributed by atoms with van der Waals surface area (Å²) >= 11 is 1.62. The molecule has 2 bridgehead atoms. The molecule has 0 radical (unpaired) electrons. The van der Waals surface area contributed by atoms with Crippen LogP contribution < -0.4 is 5.73 Å². The Balaban J connectivity index is 2.16. The summed E-state index contributed by atoms with van der Waals surface area (Å²) in [7, 11) is 2.19. The SMILES string of the molecule is CC(=O)c1c(N)sc2c1C[C@@H]1CC[C@H]2N1C. The molecule has 1 aromatic heterocycles. The van der Waals surface area contributed by atoms with Gasteiger partial charge in [-0.1, -0.05) is 0 Å². The maximum Gasteiger partial charge on any atom is 0.163 e. The van der Waals surface area contributed by atoms with Gasteiger partial charge in [0, 0.05) is 17.0 Å². The molecule has 1 fully saturated rings. The number of hydrogen-bond acceptors (Lipinski definition) is 4. The van der Waals surface area contributed by atoms with Crippen LogP contribution in [-0.2, 0) is 6.42 Å². The van der Waals surface area contributed by atoms with Crippen LogP contribution in [0.4, 0.5) is 5.00 Å². The van der Waals surface area contributed by atoms with Crippen LogP contribution in [0.2, 0.25) is 0 Å². The second kappa shape index (κ2) is 3.31. The molecule has 2 aliphatic heterocycles. The smallest absolute Gasteiger partial charge is 0.163 e. The van der Waals surface area contributed by atoms with Gasteiger partial charge in [0.2, 0.25) is 0 Å². The summed E-state index contributed by atoms with van der Waals surface area (Å²) in [6, 6.07) is 1.12. The van der Waals surface area contributed by atoms with Crippen molar-refractivity contribution < 1.29 is 4.79 Å². The van der Waals surface area contributed by atoms with Gasteiger partial charge in [-0.05, 0) is 38.8 Å². The second-order valence-corrected chi connectivity index (χ2v) is 5.94. The molecule has 0 amide bonds. The number of nitrogens with zero attached hydrogens (tertiary/aromatic N) is 1. The van der Waals surface area contributed by atoms with Crippen molar-refractivity contribution in [1.82, 2.24) is 4.90 Å². The molecule has 2 N–H and O–H groups in total. The molecule has 86 valence electrons. The molecule has 2 atom stereocenters. The van der Waals surface area contributed by atoms with Crippen molar-refractivity contribution in [3.63, 3.8) is 0 Å². The minimum Gasteiger partial charge on any atom is -0.390 e. The van der Waals surface area contributed by atoms with Gasteiger partial charge in [-0.3, -0.25) is 9.69 Å². The standard InChI is InChI=1S/C12H16N2OS/c1-6(15)10-8-5-7-3-4-9(14(7)2)11(8)16-12(10)13/h7,9H,3-5,13H2,1-2H3/t7-,9+/m0/s1. The van der Waals surface area contributed by atoms with Gasteiger partial charge in [0.05, 0.1) is 10.6 Å². The van der Waals surface area contributed by atoms with Crippen molar-refractivity contribution in [3.8, 4) is 0 Å². The number of hydrogen-bond donors (Lipinski definition) is 1. The third kappa shape index (κ3) is 1.20. The van der Waals surface area contributed by atoms with Gasteiger partial charge < -0.3 is 5.73 Å². The fourth-order valence-corrected chi connectivity index (χ4v) is 4.51. The number of nitrogens with two attached hydrogens (primary N) is 1. The molecule has 3 heterocycles. The molecule has 4 heteroatoms. The Morgan fingerprint density at radius 3 is 2.94 bits per heavy atom. The number of rotatable bonds is 1. The number of carbonyl (C=O) groups is 1. The second-order valence-electron chi connectivity index (χ2n) is 4.86. The van der Waals surface area contributed by atoms with Crippen LogP contribution in [0.15, 0.2) is 0 Å². The van der Waals surface area contributed by atoms with Gasteiger partial charge in [0.1, 0.15) is 0 Å². The Labute approximate surface area is 99.2 Å². The summed E-state index contributed by atoms with van der Waals surface area (Å²) in [4.78, 5) is 15.4. The predicted octanol–water partition coefficient (Wildman–Crippen LogP) is 2.22. The molecule has 2 aliphatic rings. The molecular weight excluding hydrogens is 220 g/mol. The number of carbonyl (C=O) groups excluding carboxylic acids is 1. The van der Waals surface area contributed by atoms with E-state index in [0.717, 1.165) is 17.0 Å². The first-order valence-electron chi connectivity index (χ1n) is 5.73. The number of Topliss-reactive ketones (excluding diaryl/α,β-unsaturated/α-hetero) is 1. The minimum absolute atomic E-state index is 0.124. The van der Waals surface area contributed by atoms with Crippen molar-refractivity contribution >= 4 is 22.1 Å². The van der Waals surface area contributed by atoms with Crippen molar-refractivity contribution in [2.45, 2.75) is 38.3 Å². The van der Waals surface area contributed by atoms with Gasteiger partial charge >= 0.3 is 0 Å². The fourth-order valence-electron chi connectivity index (χ4n) is 3.17. The van der Waals surface area contributed by atoms with Gasteiger partial charge in [-0.15, -0.1) is 11.3 Å². The van der Waals surface area contributed by atoms with E-state index in [1.165, 1.54) is 23.3 Å². The van der Waals surface area contributed by atoms with E-state index in [2.05, 4.69) is 11.9 Å². The van der Waals surface area contributed by atoms with Crippen LogP contribution in [-0.4, -0.2) is 23.8 Å². The van der Waals surface area contributed by atoms with Gasteiger partial charge in [0.15, 0.2) is 5.78 Å². The first-order valence-corrected chi connectivity index (χ1v) is 6.55. The van der Waals surface area contributed by atoms with E-state index >= 15 is 0 Å². The number of ketones is 1. The highest BCUT2D eigenvalue weighted by Gasteiger charge is 2.40. The summed E-state index contributed by atoms with van der Waals surface area (Å²) in [5.41, 5.74) is 8.04. The lowest BCUT2D eigenvalue weighted by molar-refractivity contribution is 0.101. The van der Waals surface area contributed by atoms with Gasteiger partial charge in [-0.2, -0.15) is 0 Å². The molecule has 0 saturated carbocycles. The Kier molecular flexibility index (Phi) is 2.13. The van der Waals surface area contributed by atoms with Crippen molar-refractivity contribution in [1.29, 1.82) is 0 Å². The molecule has 16 heavy (non-hydrogen) atoms. The van der Waals surface area contributed by atoms with Crippen LogP contribution in [0.3, 0.4) is 0 Å². The highest BCUT2D eigenvalue weighted by molar-refractivity contribution is 7.16. The Morgan fingerprint density at radius 2 is 2.25 bits per heavy atom. The Hall–Kier alpha value is -0.870. The Bertz CT molecular complexity index is 466. The average Bonchev–Trinajstić information content (AvgIpc) is 2.64. The summed E-state index contributed by atoms with van der Waals surface area (Å²) in [6.45, 7) is 1.62. The zero-order chi connectivity index (χ0) is 11.4. The number of thiophene rings is 1. The zero-order valence-corrected chi connectivity index (χ0v) is 10.4. The van der Waals surface area contributed by atoms with E-state index in [1.807, 2.05) is 0 Å². The molecule has 0 aromatic carbocycles. The lowest BCUT2D eigenvalue weighted by Crippen LogP contribution is -2.33. The largest absolute Gasteiger partial charge is 0.390 e. The average molecular weight is 236 g/mol. The minimum atomic E-state index is 0.124. The molecule has 0 aliphatic carbocycles. The number of nitrogen functional groups attached to an aromatic ring is 1. The summed E-state index contributed by atoms with van der Waals surface area (Å²) < 4.78 is 0. The fraction of sp³-hybridized carbons (Fsp3) is 0.583. The predicted molar refractivity (Wildman–Crippen MR) is 66.0 cm³/mol. The molecule has 3 rings (SSSR count). The van der Waals surface area contributed by atoms with Crippen molar-refractivity contribution in [3.05, 3.63) is 16.0 Å². The molecule has 1 saturated heterocycles. The van der Waals surface area contributed by atoms with Crippen LogP contribution >= 0.6 is 11.3 Å². The maximum atomic E-state index is 11.6. The van der Waals surface area contributed by atoms with E-state index in [9.17, 15) is 4.79 Å². The Morgan fingerprint density at radius 1 is 1.50 bits per heavy atom. The van der Waals surface area contributed by atoms with Gasteiger partial charge in [0.25, 0.3) is 0 Å². The summed E-state index contributed by atoms with van der Waals surface area (Å²) in [6.07, 6.45) is 3.47. The van der Waals surface area contributed by atoms with Crippen molar-refractivity contribution in [2.75, 3.05) is 12.8 Å². The quantitative estimate of drug-likeness (QED) is 0.761. The van der Waals surface area contributed by atoms with E-state index in [4.69, 9.17) is 5.73 Å². The molecular formula is C12H16N2OS. The molecule has 0 unspecified atom stereocenters. The lowest BCUT2D eigenvalue weighted by atomic mass is 9.96. The normalized spacial score (nSPS) is 28.1. The maximum absolute atomic E-state index is 11.6. The van der Waals surface area contributed by atoms with E-state index in [1.54, 1.807) is 18.3 Å². The highest BCUT2D eigenvalue weighted by atomic mass is 32.1. The van der Waals surface area contributed by atoms with Crippen LogP contribution in [0.1, 0.15) is 46.6 Å². The zero-order valence-electron chi connectivity index (χ0n) is 9.62. The first kappa shape index (κ1) is 10.3. The third-order valence-electron chi connectivity index (χ3n) is 4.00. The number of fused-ring (bicyclic) bond motifs is 4. The first-order chi connectivity index (χ1) is 7.59. The van der Waals surface area contributed by atoms with Crippen molar-refractivity contribution in [2.24, 2.45) is 0 Å². The highest BCUT2D eigenvalue weighted by Crippen LogP contribution is 2.48. The molecule has 0 spiro atoms. The monoisotopic (exact) mass is 236 g/mol. The lowest BCUT2D eigenvalue weighted by Gasteiger charge is -2.31. The van der Waals surface area contributed by atoms with E-state index < -0.39 is 0 Å². The number of likely N-dealkylation sites (N-methyl/N-ethyl adjacent to an activating group) is 1. The molecule has 1 aromatic rings. The van der Waals surface area contributed by atoms with Gasteiger partial charge in [-0.25, -0.2) is 0 Å². The van der Waals surface area contributed by atoms with E-state index in [-0.39, 0.29) is 5.78 Å². The molecule has 3 nitrogen and oxygen atoms in total. The summed E-state index contributed by atoms with van der Waals surface area (Å²) in [5, 5.41) is 0.721.